The zero-order chi connectivity index (χ0) is 33.4. The second-order valence-corrected chi connectivity index (χ2v) is 9.71. The summed E-state index contributed by atoms with van der Waals surface area (Å²) >= 11 is 0. The Bertz CT molecular complexity index is 457. The summed E-state index contributed by atoms with van der Waals surface area (Å²) in [5.74, 6) is -2.01. The Morgan fingerprint density at radius 3 is 0.714 bits per heavy atom. The van der Waals surface area contributed by atoms with Gasteiger partial charge in [0.25, 0.3) is 0 Å². The molecule has 9 N–H and O–H groups in total. The minimum atomic E-state index is -0.954. The largest absolute Gasteiger partial charge is 0.481 e. The molecule has 0 saturated heterocycles. The fourth-order valence-corrected chi connectivity index (χ4v) is 2.75. The molecule has 0 bridgehead atoms. The van der Waals surface area contributed by atoms with Gasteiger partial charge >= 0.3 is 17.9 Å². The smallest absolute Gasteiger partial charge is 0.303 e. The van der Waals surface area contributed by atoms with Gasteiger partial charge in [-0.15, -0.1) is 0 Å². The molecule has 0 aromatic heterocycles. The third kappa shape index (κ3) is 71.4. The van der Waals surface area contributed by atoms with Gasteiger partial charge < -0.3 is 46.0 Å². The van der Waals surface area contributed by atoms with Crippen molar-refractivity contribution in [3.8, 4) is 0 Å². The van der Waals surface area contributed by atoms with E-state index in [1.54, 1.807) is 0 Å². The molecule has 0 aromatic carbocycles. The van der Waals surface area contributed by atoms with Crippen molar-refractivity contribution in [3.63, 3.8) is 0 Å². The van der Waals surface area contributed by atoms with Crippen molar-refractivity contribution in [2.24, 2.45) is 0 Å². The van der Waals surface area contributed by atoms with Crippen LogP contribution in [0, 0.1) is 0 Å². The first-order valence-corrected chi connectivity index (χ1v) is 15.4. The molecule has 0 fully saturated rings. The maximum atomic E-state index is 10.0. The fraction of sp³-hybridized carbons (Fsp3) is 0.900. The molecule has 12 nitrogen and oxygen atoms in total. The SMILES string of the molecule is CCCCCCCC(=O)O.CCCCCCCC(=O)O.CCCCCCCC(=O)O.OCC(O)CO.OCC(O)CO. The van der Waals surface area contributed by atoms with Gasteiger partial charge in [-0.1, -0.05) is 97.8 Å². The second-order valence-electron chi connectivity index (χ2n) is 9.71. The lowest BCUT2D eigenvalue weighted by molar-refractivity contribution is -0.138. The lowest BCUT2D eigenvalue weighted by Crippen LogP contribution is -2.15. The Morgan fingerprint density at radius 2 is 0.595 bits per heavy atom. The van der Waals surface area contributed by atoms with Gasteiger partial charge in [0.2, 0.25) is 0 Å². The van der Waals surface area contributed by atoms with Crippen molar-refractivity contribution in [2.75, 3.05) is 26.4 Å². The summed E-state index contributed by atoms with van der Waals surface area (Å²) in [5, 5.41) is 72.8. The normalized spacial score (nSPS) is 9.79. The zero-order valence-electron chi connectivity index (χ0n) is 26.5. The number of rotatable bonds is 22. The highest BCUT2D eigenvalue weighted by molar-refractivity contribution is 5.67. The number of unbranched alkanes of at least 4 members (excludes halogenated alkanes) is 12. The number of carbonyl (C=O) groups is 3. The summed E-state index contributed by atoms with van der Waals surface area (Å²) in [5.41, 5.74) is 0. The molecule has 0 aliphatic rings. The molecule has 0 amide bonds. The van der Waals surface area contributed by atoms with Gasteiger partial charge in [-0.3, -0.25) is 14.4 Å². The van der Waals surface area contributed by atoms with Crippen LogP contribution < -0.4 is 0 Å². The van der Waals surface area contributed by atoms with E-state index < -0.39 is 30.1 Å². The second kappa shape index (κ2) is 46.1. The molecule has 0 aliphatic heterocycles. The maximum absolute atomic E-state index is 10.0. The molecule has 0 rings (SSSR count). The lowest BCUT2D eigenvalue weighted by atomic mass is 10.1. The van der Waals surface area contributed by atoms with E-state index >= 15 is 0 Å². The summed E-state index contributed by atoms with van der Waals surface area (Å²) in [4.78, 5) is 30.1. The monoisotopic (exact) mass is 616 g/mol. The number of carboxylic acids is 3. The van der Waals surface area contributed by atoms with Gasteiger partial charge in [-0.05, 0) is 19.3 Å². The Labute approximate surface area is 253 Å². The Hall–Kier alpha value is -1.83. The van der Waals surface area contributed by atoms with E-state index in [-0.39, 0.29) is 26.4 Å². The number of hydrogen-bond donors (Lipinski definition) is 9. The van der Waals surface area contributed by atoms with E-state index in [0.29, 0.717) is 19.3 Å². The predicted octanol–water partition coefficient (Wildman–Crippen LogP) is 3.96. The first-order valence-electron chi connectivity index (χ1n) is 15.4. The van der Waals surface area contributed by atoms with Crippen LogP contribution in [0.2, 0.25) is 0 Å². The molecular formula is C30H64O12. The Morgan fingerprint density at radius 1 is 0.405 bits per heavy atom. The van der Waals surface area contributed by atoms with Gasteiger partial charge in [-0.2, -0.15) is 0 Å². The standard InChI is InChI=1S/3C8H16O2.2C3H8O3/c3*1-2-3-4-5-6-7-8(9)10;2*4-1-3(6)2-5/h3*2-7H2,1H3,(H,9,10);2*3-6H,1-2H2. The van der Waals surface area contributed by atoms with Crippen molar-refractivity contribution in [3.05, 3.63) is 0 Å². The number of carboxylic acid groups (broad SMARTS) is 3. The van der Waals surface area contributed by atoms with Crippen LogP contribution in [0.3, 0.4) is 0 Å². The van der Waals surface area contributed by atoms with E-state index in [0.717, 1.165) is 38.5 Å². The average Bonchev–Trinajstić information content (AvgIpc) is 2.96. The molecule has 12 heteroatoms. The highest BCUT2D eigenvalue weighted by atomic mass is 16.4. The third-order valence-electron chi connectivity index (χ3n) is 5.33. The maximum Gasteiger partial charge on any atom is 0.303 e. The summed E-state index contributed by atoms with van der Waals surface area (Å²) in [6.45, 7) is 4.99. The van der Waals surface area contributed by atoms with Crippen LogP contribution in [0.25, 0.3) is 0 Å². The summed E-state index contributed by atoms with van der Waals surface area (Å²) in [7, 11) is 0. The number of aliphatic carboxylic acids is 3. The van der Waals surface area contributed by atoms with Crippen molar-refractivity contribution < 1.29 is 60.3 Å². The van der Waals surface area contributed by atoms with E-state index in [1.807, 2.05) is 0 Å². The topological polar surface area (TPSA) is 233 Å². The number of aliphatic hydroxyl groups excluding tert-OH is 6. The third-order valence-corrected chi connectivity index (χ3v) is 5.33. The fourth-order valence-electron chi connectivity index (χ4n) is 2.75. The molecule has 0 radical (unpaired) electrons. The lowest BCUT2D eigenvalue weighted by Gasteiger charge is -1.96. The van der Waals surface area contributed by atoms with Crippen LogP contribution in [0.5, 0.6) is 0 Å². The molecule has 256 valence electrons. The minimum Gasteiger partial charge on any atom is -0.481 e. The average molecular weight is 617 g/mol. The predicted molar refractivity (Wildman–Crippen MR) is 163 cm³/mol. The molecule has 0 saturated carbocycles. The van der Waals surface area contributed by atoms with Gasteiger partial charge in [-0.25, -0.2) is 0 Å². The molecule has 0 atom stereocenters. The van der Waals surface area contributed by atoms with Gasteiger partial charge in [0.05, 0.1) is 26.4 Å². The first kappa shape index (κ1) is 49.8. The van der Waals surface area contributed by atoms with Crippen LogP contribution in [-0.4, -0.2) is 103 Å². The van der Waals surface area contributed by atoms with Gasteiger partial charge in [0, 0.05) is 19.3 Å². The quantitative estimate of drug-likeness (QED) is 0.0786. The van der Waals surface area contributed by atoms with Gasteiger partial charge in [0.15, 0.2) is 0 Å². The highest BCUT2D eigenvalue weighted by Gasteiger charge is 1.97. The molecule has 0 heterocycles. The van der Waals surface area contributed by atoms with Crippen molar-refractivity contribution in [1.29, 1.82) is 0 Å². The minimum absolute atomic E-state index is 0.337. The highest BCUT2D eigenvalue weighted by Crippen LogP contribution is 2.05. The summed E-state index contributed by atoms with van der Waals surface area (Å²) < 4.78 is 0. The van der Waals surface area contributed by atoms with E-state index in [4.69, 9.17) is 46.0 Å². The van der Waals surface area contributed by atoms with Crippen molar-refractivity contribution >= 4 is 17.9 Å². The summed E-state index contributed by atoms with van der Waals surface area (Å²) in [6, 6.07) is 0. The molecular weight excluding hydrogens is 552 g/mol. The van der Waals surface area contributed by atoms with Crippen LogP contribution in [0.15, 0.2) is 0 Å². The molecule has 42 heavy (non-hydrogen) atoms. The van der Waals surface area contributed by atoms with E-state index in [9.17, 15) is 14.4 Å². The van der Waals surface area contributed by atoms with Crippen LogP contribution in [0.4, 0.5) is 0 Å². The number of hydrogen-bond acceptors (Lipinski definition) is 9. The van der Waals surface area contributed by atoms with Crippen molar-refractivity contribution in [1.82, 2.24) is 0 Å². The van der Waals surface area contributed by atoms with Crippen LogP contribution in [0.1, 0.15) is 136 Å². The van der Waals surface area contributed by atoms with Crippen LogP contribution >= 0.6 is 0 Å². The van der Waals surface area contributed by atoms with Crippen molar-refractivity contribution in [2.45, 2.75) is 149 Å². The zero-order valence-corrected chi connectivity index (χ0v) is 26.5. The van der Waals surface area contributed by atoms with Crippen LogP contribution in [-0.2, 0) is 14.4 Å². The van der Waals surface area contributed by atoms with Gasteiger partial charge in [0.1, 0.15) is 12.2 Å². The first-order chi connectivity index (χ1) is 19.9. The molecule has 0 aliphatic carbocycles. The number of aliphatic hydroxyl groups is 6. The van der Waals surface area contributed by atoms with E-state index in [2.05, 4.69) is 20.8 Å². The molecule has 0 unspecified atom stereocenters. The Kier molecular flexibility index (Phi) is 54.7. The van der Waals surface area contributed by atoms with E-state index in [1.165, 1.54) is 57.8 Å². The molecule has 0 aromatic rings. The molecule has 0 spiro atoms. The summed E-state index contributed by atoms with van der Waals surface area (Å²) in [6.07, 6.45) is 15.7. The Balaban J connectivity index is -0.000000138.